The lowest BCUT2D eigenvalue weighted by Crippen LogP contribution is -2.13. The molecule has 1 aromatic heterocycles. The summed E-state index contributed by atoms with van der Waals surface area (Å²) in [6, 6.07) is 1.84. The zero-order valence-corrected chi connectivity index (χ0v) is 8.73. The average molecular weight is 206 g/mol. The minimum absolute atomic E-state index is 0.0108. The molecule has 0 aromatic carbocycles. The lowest BCUT2D eigenvalue weighted by atomic mass is 9.82. The molecule has 0 saturated heterocycles. The summed E-state index contributed by atoms with van der Waals surface area (Å²) in [5, 5.41) is 8.70. The molecular formula is C11H14N2O2. The largest absolute Gasteiger partial charge is 0.481 e. The number of nitrogens with zero attached hydrogens (tertiary/aromatic N) is 2. The number of aliphatic carboxylic acids is 1. The Balaban J connectivity index is 2.23. The van der Waals surface area contributed by atoms with E-state index in [1.807, 2.05) is 13.0 Å². The van der Waals surface area contributed by atoms with Gasteiger partial charge in [-0.1, -0.05) is 6.42 Å². The number of carboxylic acids is 1. The fourth-order valence-electron chi connectivity index (χ4n) is 1.81. The van der Waals surface area contributed by atoms with Gasteiger partial charge in [0.2, 0.25) is 0 Å². The highest BCUT2D eigenvalue weighted by Crippen LogP contribution is 2.35. The molecule has 0 unspecified atom stereocenters. The molecule has 80 valence electrons. The number of rotatable bonds is 3. The summed E-state index contributed by atoms with van der Waals surface area (Å²) in [5.41, 5.74) is 1.64. The third-order valence-electron chi connectivity index (χ3n) is 2.77. The second-order valence-electron chi connectivity index (χ2n) is 4.03. The van der Waals surface area contributed by atoms with Crippen LogP contribution in [-0.2, 0) is 11.2 Å². The average Bonchev–Trinajstić information content (AvgIpc) is 1.96. The first-order valence-electron chi connectivity index (χ1n) is 5.21. The highest BCUT2D eigenvalue weighted by atomic mass is 16.4. The van der Waals surface area contributed by atoms with E-state index in [4.69, 9.17) is 5.11 Å². The maximum absolute atomic E-state index is 10.6. The van der Waals surface area contributed by atoms with Gasteiger partial charge in [0.05, 0.1) is 12.1 Å². The maximum atomic E-state index is 10.6. The molecule has 1 fully saturated rings. The molecule has 4 nitrogen and oxygen atoms in total. The van der Waals surface area contributed by atoms with Gasteiger partial charge in [0.15, 0.2) is 0 Å². The van der Waals surface area contributed by atoms with E-state index >= 15 is 0 Å². The number of carbonyl (C=O) groups is 1. The van der Waals surface area contributed by atoms with E-state index in [1.54, 1.807) is 0 Å². The van der Waals surface area contributed by atoms with Crippen LogP contribution in [0.15, 0.2) is 6.07 Å². The summed E-state index contributed by atoms with van der Waals surface area (Å²) in [7, 11) is 0. The van der Waals surface area contributed by atoms with Crippen LogP contribution in [0, 0.1) is 6.92 Å². The molecule has 0 atom stereocenters. The number of carboxylic acid groups (broad SMARTS) is 1. The molecule has 0 amide bonds. The van der Waals surface area contributed by atoms with Crippen molar-refractivity contribution in [3.05, 3.63) is 23.3 Å². The first-order chi connectivity index (χ1) is 7.15. The summed E-state index contributed by atoms with van der Waals surface area (Å²) in [6.07, 6.45) is 3.58. The Hall–Kier alpha value is -1.45. The van der Waals surface area contributed by atoms with E-state index in [0.29, 0.717) is 17.4 Å². The predicted octanol–water partition coefficient (Wildman–Crippen LogP) is 1.68. The van der Waals surface area contributed by atoms with Gasteiger partial charge in [-0.15, -0.1) is 0 Å². The van der Waals surface area contributed by atoms with Crippen molar-refractivity contribution in [2.45, 2.75) is 38.5 Å². The van der Waals surface area contributed by atoms with Crippen LogP contribution in [0.3, 0.4) is 0 Å². The summed E-state index contributed by atoms with van der Waals surface area (Å²) in [6.45, 7) is 1.81. The van der Waals surface area contributed by atoms with Gasteiger partial charge in [0, 0.05) is 11.6 Å². The first kappa shape index (κ1) is 10.1. The Morgan fingerprint density at radius 1 is 1.53 bits per heavy atom. The van der Waals surface area contributed by atoms with Crippen LogP contribution in [0.1, 0.15) is 42.4 Å². The Labute approximate surface area is 88.4 Å². The highest BCUT2D eigenvalue weighted by molar-refractivity contribution is 5.69. The van der Waals surface area contributed by atoms with Gasteiger partial charge >= 0.3 is 5.97 Å². The molecular weight excluding hydrogens is 192 g/mol. The van der Waals surface area contributed by atoms with Gasteiger partial charge in [-0.25, -0.2) is 9.97 Å². The van der Waals surface area contributed by atoms with E-state index in [9.17, 15) is 4.79 Å². The monoisotopic (exact) mass is 206 g/mol. The quantitative estimate of drug-likeness (QED) is 0.817. The molecule has 4 heteroatoms. The number of aryl methyl sites for hydroxylation is 1. The second-order valence-corrected chi connectivity index (χ2v) is 4.03. The summed E-state index contributed by atoms with van der Waals surface area (Å²) in [5.74, 6) is 0.363. The molecule has 1 aromatic rings. The SMILES string of the molecule is Cc1nc(CC(=O)O)cc(C2CCC2)n1. The van der Waals surface area contributed by atoms with E-state index in [0.717, 1.165) is 5.69 Å². The first-order valence-corrected chi connectivity index (χ1v) is 5.21. The number of aromatic nitrogens is 2. The Kier molecular flexibility index (Phi) is 2.66. The van der Waals surface area contributed by atoms with E-state index in [2.05, 4.69) is 9.97 Å². The molecule has 0 aliphatic heterocycles. The fourth-order valence-corrected chi connectivity index (χ4v) is 1.81. The Morgan fingerprint density at radius 3 is 2.80 bits per heavy atom. The maximum Gasteiger partial charge on any atom is 0.309 e. The number of hydrogen-bond donors (Lipinski definition) is 1. The summed E-state index contributed by atoms with van der Waals surface area (Å²) in [4.78, 5) is 19.1. The number of hydrogen-bond acceptors (Lipinski definition) is 3. The molecule has 2 rings (SSSR count). The van der Waals surface area contributed by atoms with E-state index in [-0.39, 0.29) is 6.42 Å². The smallest absolute Gasteiger partial charge is 0.309 e. The molecule has 0 spiro atoms. The predicted molar refractivity (Wildman–Crippen MR) is 54.7 cm³/mol. The fraction of sp³-hybridized carbons (Fsp3) is 0.545. The molecule has 0 bridgehead atoms. The molecule has 1 aliphatic carbocycles. The van der Waals surface area contributed by atoms with Gasteiger partial charge in [0.25, 0.3) is 0 Å². The molecule has 1 heterocycles. The van der Waals surface area contributed by atoms with Crippen molar-refractivity contribution in [3.63, 3.8) is 0 Å². The van der Waals surface area contributed by atoms with Crippen LogP contribution in [-0.4, -0.2) is 21.0 Å². The Morgan fingerprint density at radius 2 is 2.27 bits per heavy atom. The molecule has 0 radical (unpaired) electrons. The second kappa shape index (κ2) is 3.96. The van der Waals surface area contributed by atoms with Crippen molar-refractivity contribution in [2.24, 2.45) is 0 Å². The van der Waals surface area contributed by atoms with Crippen LogP contribution >= 0.6 is 0 Å². The van der Waals surface area contributed by atoms with Crippen LogP contribution in [0.5, 0.6) is 0 Å². The third-order valence-corrected chi connectivity index (χ3v) is 2.77. The third kappa shape index (κ3) is 2.32. The van der Waals surface area contributed by atoms with Crippen LogP contribution in [0.4, 0.5) is 0 Å². The molecule has 1 saturated carbocycles. The van der Waals surface area contributed by atoms with Crippen molar-refractivity contribution in [1.29, 1.82) is 0 Å². The molecule has 1 aliphatic rings. The topological polar surface area (TPSA) is 63.1 Å². The molecule has 1 N–H and O–H groups in total. The van der Waals surface area contributed by atoms with Gasteiger partial charge in [-0.3, -0.25) is 4.79 Å². The van der Waals surface area contributed by atoms with Crippen molar-refractivity contribution in [1.82, 2.24) is 9.97 Å². The summed E-state index contributed by atoms with van der Waals surface area (Å²) < 4.78 is 0. The lowest BCUT2D eigenvalue weighted by Gasteiger charge is -2.25. The standard InChI is InChI=1S/C11H14N2O2/c1-7-12-9(6-11(14)15)5-10(13-7)8-3-2-4-8/h5,8H,2-4,6H2,1H3,(H,14,15). The zero-order chi connectivity index (χ0) is 10.8. The minimum atomic E-state index is -0.840. The van der Waals surface area contributed by atoms with Crippen molar-refractivity contribution in [3.8, 4) is 0 Å². The highest BCUT2D eigenvalue weighted by Gasteiger charge is 2.21. The van der Waals surface area contributed by atoms with Crippen LogP contribution in [0.2, 0.25) is 0 Å². The van der Waals surface area contributed by atoms with Gasteiger partial charge in [0.1, 0.15) is 5.82 Å². The van der Waals surface area contributed by atoms with Crippen molar-refractivity contribution >= 4 is 5.97 Å². The molecule has 15 heavy (non-hydrogen) atoms. The van der Waals surface area contributed by atoms with E-state index < -0.39 is 5.97 Å². The van der Waals surface area contributed by atoms with E-state index in [1.165, 1.54) is 19.3 Å². The normalized spacial score (nSPS) is 16.1. The Bertz CT molecular complexity index is 386. The minimum Gasteiger partial charge on any atom is -0.481 e. The van der Waals surface area contributed by atoms with Crippen LogP contribution < -0.4 is 0 Å². The zero-order valence-electron chi connectivity index (χ0n) is 8.73. The van der Waals surface area contributed by atoms with Crippen LogP contribution in [0.25, 0.3) is 0 Å². The van der Waals surface area contributed by atoms with Gasteiger partial charge < -0.3 is 5.11 Å². The van der Waals surface area contributed by atoms with Crippen molar-refractivity contribution in [2.75, 3.05) is 0 Å². The van der Waals surface area contributed by atoms with Gasteiger partial charge in [-0.05, 0) is 25.8 Å². The summed E-state index contributed by atoms with van der Waals surface area (Å²) >= 11 is 0. The van der Waals surface area contributed by atoms with Gasteiger partial charge in [-0.2, -0.15) is 0 Å². The van der Waals surface area contributed by atoms with Crippen molar-refractivity contribution < 1.29 is 9.90 Å². The lowest BCUT2D eigenvalue weighted by molar-refractivity contribution is -0.136.